The van der Waals surface area contributed by atoms with Gasteiger partial charge in [-0.2, -0.15) is 0 Å². The predicted octanol–water partition coefficient (Wildman–Crippen LogP) is 2.20. The van der Waals surface area contributed by atoms with E-state index < -0.39 is 0 Å². The Labute approximate surface area is 98.0 Å². The Hall–Kier alpha value is -0.840. The van der Waals surface area contributed by atoms with Gasteiger partial charge in [-0.1, -0.05) is 0 Å². The molecule has 0 saturated carbocycles. The summed E-state index contributed by atoms with van der Waals surface area (Å²) in [6, 6.07) is 0.532. The lowest BCUT2D eigenvalue weighted by Crippen LogP contribution is -2.38. The third-order valence-electron chi connectivity index (χ3n) is 2.87. The van der Waals surface area contributed by atoms with Crippen molar-refractivity contribution >= 4 is 27.6 Å². The zero-order valence-electron chi connectivity index (χ0n) is 8.78. The molecule has 0 bridgehead atoms. The summed E-state index contributed by atoms with van der Waals surface area (Å²) in [6.07, 6.45) is 5.27. The lowest BCUT2D eigenvalue weighted by Gasteiger charge is -2.34. The normalized spacial score (nSPS) is 21.7. The van der Waals surface area contributed by atoms with E-state index in [1.165, 1.54) is 25.6 Å². The van der Waals surface area contributed by atoms with Gasteiger partial charge in [0.2, 0.25) is 0 Å². The number of nitrogens with zero attached hydrogens (tertiary/aromatic N) is 3. The van der Waals surface area contributed by atoms with Gasteiger partial charge in [0.05, 0.1) is 0 Å². The Morgan fingerprint density at radius 1 is 1.47 bits per heavy atom. The van der Waals surface area contributed by atoms with E-state index >= 15 is 0 Å². The quantitative estimate of drug-likeness (QED) is 0.850. The average molecular weight is 271 g/mol. The monoisotopic (exact) mass is 270 g/mol. The minimum atomic E-state index is 0.512. The van der Waals surface area contributed by atoms with Crippen LogP contribution in [0.4, 0.5) is 11.6 Å². The van der Waals surface area contributed by atoms with Crippen LogP contribution < -0.4 is 10.6 Å². The van der Waals surface area contributed by atoms with E-state index in [-0.39, 0.29) is 0 Å². The highest BCUT2D eigenvalue weighted by atomic mass is 79.9. The number of rotatable bonds is 1. The summed E-state index contributed by atoms with van der Waals surface area (Å²) < 4.78 is 0.818. The molecule has 0 spiro atoms. The fourth-order valence-corrected chi connectivity index (χ4v) is 2.42. The minimum absolute atomic E-state index is 0.512. The molecule has 2 rings (SSSR count). The molecule has 4 nitrogen and oxygen atoms in total. The molecule has 1 aromatic heterocycles. The number of halogens is 1. The first-order chi connectivity index (χ1) is 7.20. The summed E-state index contributed by atoms with van der Waals surface area (Å²) >= 11 is 3.45. The number of nitrogen functional groups attached to an aromatic ring is 1. The van der Waals surface area contributed by atoms with Crippen molar-refractivity contribution in [3.05, 3.63) is 10.8 Å². The second-order valence-corrected chi connectivity index (χ2v) is 4.73. The topological polar surface area (TPSA) is 55.0 Å². The molecule has 1 aliphatic rings. The molecular weight excluding hydrogens is 256 g/mol. The Bertz CT molecular complexity index is 355. The first kappa shape index (κ1) is 10.7. The van der Waals surface area contributed by atoms with Crippen LogP contribution in [-0.2, 0) is 0 Å². The second-order valence-electron chi connectivity index (χ2n) is 3.93. The molecule has 5 heteroatoms. The molecule has 1 atom stereocenters. The zero-order chi connectivity index (χ0) is 10.8. The van der Waals surface area contributed by atoms with Crippen molar-refractivity contribution in [2.75, 3.05) is 17.2 Å². The van der Waals surface area contributed by atoms with Gasteiger partial charge in [-0.25, -0.2) is 9.97 Å². The summed E-state index contributed by atoms with van der Waals surface area (Å²) in [5, 5.41) is 0. The molecule has 0 amide bonds. The molecule has 1 unspecified atom stereocenters. The predicted molar refractivity (Wildman–Crippen MR) is 64.8 cm³/mol. The first-order valence-corrected chi connectivity index (χ1v) is 6.02. The number of aromatic nitrogens is 2. The Balaban J connectivity index is 2.31. The number of hydrogen-bond acceptors (Lipinski definition) is 4. The van der Waals surface area contributed by atoms with E-state index in [0.717, 1.165) is 16.8 Å². The van der Waals surface area contributed by atoms with Crippen molar-refractivity contribution in [2.45, 2.75) is 32.2 Å². The number of piperidine rings is 1. The maximum absolute atomic E-state index is 5.75. The Kier molecular flexibility index (Phi) is 3.09. The van der Waals surface area contributed by atoms with Crippen LogP contribution >= 0.6 is 15.9 Å². The van der Waals surface area contributed by atoms with E-state index in [9.17, 15) is 0 Å². The van der Waals surface area contributed by atoms with Crippen LogP contribution in [0.5, 0.6) is 0 Å². The standard InChI is InChI=1S/C10H15BrN4/c1-7-4-2-3-5-15(7)10-8(11)9(12)13-6-14-10/h6-7H,2-5H2,1H3,(H2,12,13,14). The van der Waals surface area contributed by atoms with Crippen molar-refractivity contribution in [1.82, 2.24) is 9.97 Å². The summed E-state index contributed by atoms with van der Waals surface area (Å²) in [5.41, 5.74) is 5.75. The molecule has 0 aromatic carbocycles. The second kappa shape index (κ2) is 4.35. The summed E-state index contributed by atoms with van der Waals surface area (Å²) in [6.45, 7) is 3.28. The third kappa shape index (κ3) is 2.07. The van der Waals surface area contributed by atoms with Crippen LogP contribution in [0.25, 0.3) is 0 Å². The maximum atomic E-state index is 5.75. The molecule has 1 aromatic rings. The van der Waals surface area contributed by atoms with E-state index in [1.54, 1.807) is 0 Å². The van der Waals surface area contributed by atoms with E-state index in [1.807, 2.05) is 0 Å². The van der Waals surface area contributed by atoms with Crippen LogP contribution in [-0.4, -0.2) is 22.6 Å². The largest absolute Gasteiger partial charge is 0.383 e. The van der Waals surface area contributed by atoms with Gasteiger partial charge >= 0.3 is 0 Å². The highest BCUT2D eigenvalue weighted by Crippen LogP contribution is 2.31. The average Bonchev–Trinajstić information content (AvgIpc) is 2.23. The van der Waals surface area contributed by atoms with Gasteiger partial charge in [-0.3, -0.25) is 0 Å². The van der Waals surface area contributed by atoms with Crippen molar-refractivity contribution in [1.29, 1.82) is 0 Å². The SMILES string of the molecule is CC1CCCCN1c1ncnc(N)c1Br. The molecule has 1 saturated heterocycles. The molecule has 0 aliphatic carbocycles. The fourth-order valence-electron chi connectivity index (χ4n) is 1.99. The van der Waals surface area contributed by atoms with Gasteiger partial charge in [-0.05, 0) is 42.1 Å². The molecule has 82 valence electrons. The first-order valence-electron chi connectivity index (χ1n) is 5.22. The maximum Gasteiger partial charge on any atom is 0.148 e. The van der Waals surface area contributed by atoms with E-state index in [2.05, 4.69) is 37.7 Å². The minimum Gasteiger partial charge on any atom is -0.383 e. The summed E-state index contributed by atoms with van der Waals surface area (Å²) in [7, 11) is 0. The lowest BCUT2D eigenvalue weighted by molar-refractivity contribution is 0.480. The molecule has 15 heavy (non-hydrogen) atoms. The van der Waals surface area contributed by atoms with Crippen LogP contribution in [0.15, 0.2) is 10.8 Å². The smallest absolute Gasteiger partial charge is 0.148 e. The van der Waals surface area contributed by atoms with Crippen molar-refractivity contribution in [2.24, 2.45) is 0 Å². The summed E-state index contributed by atoms with van der Waals surface area (Å²) in [5.74, 6) is 1.44. The molecule has 2 heterocycles. The third-order valence-corrected chi connectivity index (χ3v) is 3.63. The van der Waals surface area contributed by atoms with Crippen LogP contribution in [0.1, 0.15) is 26.2 Å². The van der Waals surface area contributed by atoms with Gasteiger partial charge in [0, 0.05) is 12.6 Å². The van der Waals surface area contributed by atoms with E-state index in [0.29, 0.717) is 11.9 Å². The van der Waals surface area contributed by atoms with Crippen LogP contribution in [0, 0.1) is 0 Å². The Morgan fingerprint density at radius 2 is 2.27 bits per heavy atom. The summed E-state index contributed by atoms with van der Waals surface area (Å²) in [4.78, 5) is 10.6. The van der Waals surface area contributed by atoms with Crippen molar-refractivity contribution in [3.63, 3.8) is 0 Å². The highest BCUT2D eigenvalue weighted by molar-refractivity contribution is 9.10. The van der Waals surface area contributed by atoms with Gasteiger partial charge < -0.3 is 10.6 Å². The molecule has 1 fully saturated rings. The van der Waals surface area contributed by atoms with Gasteiger partial charge in [0.25, 0.3) is 0 Å². The van der Waals surface area contributed by atoms with Crippen molar-refractivity contribution < 1.29 is 0 Å². The van der Waals surface area contributed by atoms with Gasteiger partial charge in [-0.15, -0.1) is 0 Å². The zero-order valence-corrected chi connectivity index (χ0v) is 10.4. The van der Waals surface area contributed by atoms with Crippen LogP contribution in [0.2, 0.25) is 0 Å². The van der Waals surface area contributed by atoms with E-state index in [4.69, 9.17) is 5.73 Å². The highest BCUT2D eigenvalue weighted by Gasteiger charge is 2.22. The lowest BCUT2D eigenvalue weighted by atomic mass is 10.0. The molecule has 2 N–H and O–H groups in total. The fraction of sp³-hybridized carbons (Fsp3) is 0.600. The van der Waals surface area contributed by atoms with Crippen LogP contribution in [0.3, 0.4) is 0 Å². The number of hydrogen-bond donors (Lipinski definition) is 1. The van der Waals surface area contributed by atoms with Crippen molar-refractivity contribution in [3.8, 4) is 0 Å². The van der Waals surface area contributed by atoms with Gasteiger partial charge in [0.15, 0.2) is 0 Å². The molecular formula is C10H15BrN4. The Morgan fingerprint density at radius 3 is 3.00 bits per heavy atom. The number of anilines is 2. The number of nitrogens with two attached hydrogens (primary N) is 1. The molecule has 0 radical (unpaired) electrons. The van der Waals surface area contributed by atoms with Gasteiger partial charge in [0.1, 0.15) is 22.4 Å². The molecule has 1 aliphatic heterocycles.